The summed E-state index contributed by atoms with van der Waals surface area (Å²) in [6, 6.07) is 8.26. The van der Waals surface area contributed by atoms with Crippen LogP contribution in [0.2, 0.25) is 0 Å². The maximum atomic E-state index is 12.2. The molecule has 2 aromatic rings. The molecule has 2 rings (SSSR count). The molecule has 0 bridgehead atoms. The first-order chi connectivity index (χ1) is 13.8. The molecule has 2 N–H and O–H groups in total. The minimum absolute atomic E-state index is 0.0657. The summed E-state index contributed by atoms with van der Waals surface area (Å²) in [7, 11) is 0. The average Bonchev–Trinajstić information content (AvgIpc) is 3.15. The first-order valence-electron chi connectivity index (χ1n) is 9.36. The Morgan fingerprint density at radius 3 is 2.41 bits per heavy atom. The fourth-order valence-electron chi connectivity index (χ4n) is 2.47. The van der Waals surface area contributed by atoms with E-state index in [1.165, 1.54) is 6.92 Å². The third-order valence-electron chi connectivity index (χ3n) is 3.91. The molecule has 1 heterocycles. The van der Waals surface area contributed by atoms with E-state index in [9.17, 15) is 14.4 Å². The number of hydrogen-bond donors (Lipinski definition) is 2. The Morgan fingerprint density at radius 2 is 1.79 bits per heavy atom. The lowest BCUT2D eigenvalue weighted by Crippen LogP contribution is -2.36. The molecule has 0 radical (unpaired) electrons. The van der Waals surface area contributed by atoms with Gasteiger partial charge in [0, 0.05) is 17.7 Å². The van der Waals surface area contributed by atoms with Crippen LogP contribution in [0.5, 0.6) is 5.75 Å². The predicted molar refractivity (Wildman–Crippen MR) is 107 cm³/mol. The van der Waals surface area contributed by atoms with Crippen LogP contribution in [0.3, 0.4) is 0 Å². The average molecular weight is 402 g/mol. The molecule has 0 saturated carbocycles. The lowest BCUT2D eigenvalue weighted by atomic mass is 10.2. The summed E-state index contributed by atoms with van der Waals surface area (Å²) in [6.45, 7) is 7.36. The zero-order chi connectivity index (χ0) is 21.4. The van der Waals surface area contributed by atoms with Crippen molar-refractivity contribution < 1.29 is 23.9 Å². The Bertz CT molecular complexity index is 845. The van der Waals surface area contributed by atoms with Gasteiger partial charge in [0.1, 0.15) is 18.1 Å². The fourth-order valence-corrected chi connectivity index (χ4v) is 2.47. The van der Waals surface area contributed by atoms with Crippen LogP contribution in [-0.4, -0.2) is 46.8 Å². The van der Waals surface area contributed by atoms with E-state index < -0.39 is 23.9 Å². The summed E-state index contributed by atoms with van der Waals surface area (Å²) in [6.07, 6.45) is 0.545. The molecular weight excluding hydrogens is 376 g/mol. The van der Waals surface area contributed by atoms with Crippen LogP contribution in [-0.2, 0) is 14.3 Å². The number of hydrogen-bond acceptors (Lipinski definition) is 6. The van der Waals surface area contributed by atoms with Crippen molar-refractivity contribution in [2.45, 2.75) is 39.8 Å². The largest absolute Gasteiger partial charge is 0.494 e. The second-order valence-corrected chi connectivity index (χ2v) is 6.52. The number of carbonyl (C=O) groups excluding carboxylic acids is 3. The lowest BCUT2D eigenvalue weighted by molar-refractivity contribution is -0.152. The summed E-state index contributed by atoms with van der Waals surface area (Å²) in [4.78, 5) is 36.3. The highest BCUT2D eigenvalue weighted by Gasteiger charge is 2.20. The van der Waals surface area contributed by atoms with E-state index in [0.29, 0.717) is 23.7 Å². The van der Waals surface area contributed by atoms with Crippen LogP contribution in [0.15, 0.2) is 36.5 Å². The number of rotatable bonds is 9. The third kappa shape index (κ3) is 6.34. The van der Waals surface area contributed by atoms with Crippen molar-refractivity contribution in [2.24, 2.45) is 0 Å². The van der Waals surface area contributed by atoms with Gasteiger partial charge in [0.25, 0.3) is 11.8 Å². The molecule has 2 amide bonds. The third-order valence-corrected chi connectivity index (χ3v) is 3.91. The Morgan fingerprint density at radius 1 is 1.10 bits per heavy atom. The fraction of sp³-hybridized carbons (Fsp3) is 0.400. The molecule has 0 fully saturated rings. The molecule has 0 aliphatic carbocycles. The van der Waals surface area contributed by atoms with Gasteiger partial charge in [-0.05, 0) is 52.0 Å². The van der Waals surface area contributed by atoms with Gasteiger partial charge in [-0.25, -0.2) is 4.68 Å². The maximum absolute atomic E-state index is 12.2. The van der Waals surface area contributed by atoms with Crippen molar-refractivity contribution in [3.05, 3.63) is 42.1 Å². The van der Waals surface area contributed by atoms with Gasteiger partial charge >= 0.3 is 5.97 Å². The second kappa shape index (κ2) is 10.3. The van der Waals surface area contributed by atoms with Crippen LogP contribution < -0.4 is 15.4 Å². The van der Waals surface area contributed by atoms with E-state index in [4.69, 9.17) is 9.47 Å². The number of aromatic nitrogens is 2. The number of esters is 1. The standard InChI is InChI=1S/C20H26N4O5/c1-5-28-16-8-6-15(7-9-16)20(27)21-12-18(25)29-14(4)19(26)23-17-10-11-22-24(17)13(2)3/h6-11,13-14H,5,12H2,1-4H3,(H,21,27)(H,23,26). The van der Waals surface area contributed by atoms with Crippen molar-refractivity contribution >= 4 is 23.6 Å². The van der Waals surface area contributed by atoms with Crippen molar-refractivity contribution in [3.8, 4) is 5.75 Å². The van der Waals surface area contributed by atoms with Gasteiger partial charge in [0.15, 0.2) is 6.10 Å². The SMILES string of the molecule is CCOc1ccc(C(=O)NCC(=O)OC(C)C(=O)Nc2ccnn2C(C)C)cc1. The first-order valence-corrected chi connectivity index (χ1v) is 9.36. The lowest BCUT2D eigenvalue weighted by Gasteiger charge is -2.16. The van der Waals surface area contributed by atoms with E-state index in [0.717, 1.165) is 0 Å². The summed E-state index contributed by atoms with van der Waals surface area (Å²) < 4.78 is 12.0. The van der Waals surface area contributed by atoms with E-state index in [1.807, 2.05) is 20.8 Å². The number of carbonyl (C=O) groups is 3. The van der Waals surface area contributed by atoms with E-state index in [2.05, 4.69) is 15.7 Å². The van der Waals surface area contributed by atoms with Crippen LogP contribution in [0.1, 0.15) is 44.1 Å². The van der Waals surface area contributed by atoms with Gasteiger partial charge in [-0.15, -0.1) is 0 Å². The second-order valence-electron chi connectivity index (χ2n) is 6.52. The van der Waals surface area contributed by atoms with Gasteiger partial charge in [-0.3, -0.25) is 14.4 Å². The number of anilines is 1. The van der Waals surface area contributed by atoms with Crippen molar-refractivity contribution in [3.63, 3.8) is 0 Å². The molecule has 0 saturated heterocycles. The van der Waals surface area contributed by atoms with Gasteiger partial charge < -0.3 is 20.1 Å². The number of nitrogens with one attached hydrogen (secondary N) is 2. The summed E-state index contributed by atoms with van der Waals surface area (Å²) >= 11 is 0. The Kier molecular flexibility index (Phi) is 7.76. The van der Waals surface area contributed by atoms with Gasteiger partial charge in [0.05, 0.1) is 12.8 Å². The maximum Gasteiger partial charge on any atom is 0.326 e. The van der Waals surface area contributed by atoms with Gasteiger partial charge in [-0.2, -0.15) is 5.10 Å². The molecule has 1 unspecified atom stereocenters. The van der Waals surface area contributed by atoms with E-state index >= 15 is 0 Å². The molecule has 1 atom stereocenters. The van der Waals surface area contributed by atoms with Crippen LogP contribution in [0.25, 0.3) is 0 Å². The van der Waals surface area contributed by atoms with Crippen LogP contribution in [0.4, 0.5) is 5.82 Å². The molecule has 9 nitrogen and oxygen atoms in total. The molecule has 9 heteroatoms. The molecule has 156 valence electrons. The highest BCUT2D eigenvalue weighted by Crippen LogP contribution is 2.14. The minimum atomic E-state index is -1.03. The quantitative estimate of drug-likeness (QED) is 0.622. The zero-order valence-corrected chi connectivity index (χ0v) is 17.0. The number of benzene rings is 1. The Balaban J connectivity index is 1.81. The van der Waals surface area contributed by atoms with Crippen molar-refractivity contribution in [1.82, 2.24) is 15.1 Å². The van der Waals surface area contributed by atoms with E-state index in [1.54, 1.807) is 41.2 Å². The number of ether oxygens (including phenoxy) is 2. The summed E-state index contributed by atoms with van der Waals surface area (Å²) in [5.41, 5.74) is 0.383. The minimum Gasteiger partial charge on any atom is -0.494 e. The predicted octanol–water partition coefficient (Wildman–Crippen LogP) is 2.16. The molecular formula is C20H26N4O5. The van der Waals surface area contributed by atoms with Gasteiger partial charge in [-0.1, -0.05) is 0 Å². The topological polar surface area (TPSA) is 112 Å². The zero-order valence-electron chi connectivity index (χ0n) is 17.0. The van der Waals surface area contributed by atoms with Crippen LogP contribution in [0, 0.1) is 0 Å². The molecule has 29 heavy (non-hydrogen) atoms. The number of nitrogens with zero attached hydrogens (tertiary/aromatic N) is 2. The molecule has 0 aliphatic heterocycles. The van der Waals surface area contributed by atoms with Crippen molar-refractivity contribution in [2.75, 3.05) is 18.5 Å². The summed E-state index contributed by atoms with van der Waals surface area (Å²) in [5.74, 6) is -0.468. The van der Waals surface area contributed by atoms with Crippen molar-refractivity contribution in [1.29, 1.82) is 0 Å². The first kappa shape index (κ1) is 21.9. The normalized spacial score (nSPS) is 11.6. The Hall–Kier alpha value is -3.36. The highest BCUT2D eigenvalue weighted by atomic mass is 16.5. The molecule has 0 aliphatic rings. The van der Waals surface area contributed by atoms with Crippen LogP contribution >= 0.6 is 0 Å². The highest BCUT2D eigenvalue weighted by molar-refractivity contribution is 5.97. The van der Waals surface area contributed by atoms with Gasteiger partial charge in [0.2, 0.25) is 0 Å². The molecule has 0 spiro atoms. The molecule has 1 aromatic carbocycles. The van der Waals surface area contributed by atoms with E-state index in [-0.39, 0.29) is 12.6 Å². The number of amides is 2. The smallest absolute Gasteiger partial charge is 0.326 e. The monoisotopic (exact) mass is 402 g/mol. The summed E-state index contributed by atoms with van der Waals surface area (Å²) in [5, 5.41) is 9.25. The Labute approximate surface area is 169 Å². The molecule has 1 aromatic heterocycles.